The average molecular weight is 323 g/mol. The molecule has 1 heterocycles. The predicted octanol–water partition coefficient (Wildman–Crippen LogP) is 4.71. The maximum Gasteiger partial charge on any atom is 0.417 e. The molecule has 120 valence electrons. The summed E-state index contributed by atoms with van der Waals surface area (Å²) in [5.74, 6) is 0.493. The summed E-state index contributed by atoms with van der Waals surface area (Å²) in [7, 11) is 0. The van der Waals surface area contributed by atoms with E-state index < -0.39 is 11.7 Å². The molecule has 0 saturated carbocycles. The Morgan fingerprint density at radius 1 is 1.33 bits per heavy atom. The number of nitrogens with one attached hydrogen (secondary N) is 1. The lowest BCUT2D eigenvalue weighted by Gasteiger charge is -2.21. The Labute approximate surface area is 129 Å². The van der Waals surface area contributed by atoms with Crippen molar-refractivity contribution in [2.75, 3.05) is 6.54 Å². The molecule has 1 aromatic rings. The van der Waals surface area contributed by atoms with E-state index in [0.29, 0.717) is 18.0 Å². The fraction of sp³-hybridized carbons (Fsp3) is 0.667. The van der Waals surface area contributed by atoms with Gasteiger partial charge in [0.05, 0.1) is 16.3 Å². The molecule has 1 aromatic heterocycles. The fourth-order valence-electron chi connectivity index (χ4n) is 2.16. The fourth-order valence-corrected chi connectivity index (χ4v) is 2.40. The van der Waals surface area contributed by atoms with Crippen LogP contribution in [0.2, 0.25) is 5.02 Å². The third kappa shape index (κ3) is 6.22. The molecule has 0 saturated heterocycles. The Bertz CT molecular complexity index is 447. The van der Waals surface area contributed by atoms with Crippen LogP contribution in [0.3, 0.4) is 0 Å². The number of nitrogens with zero attached hydrogens (tertiary/aromatic N) is 1. The van der Waals surface area contributed by atoms with Crippen LogP contribution in [0.4, 0.5) is 13.2 Å². The van der Waals surface area contributed by atoms with Crippen molar-refractivity contribution < 1.29 is 13.2 Å². The Morgan fingerprint density at radius 3 is 2.48 bits per heavy atom. The van der Waals surface area contributed by atoms with Gasteiger partial charge in [0, 0.05) is 18.7 Å². The second kappa shape index (κ2) is 7.99. The molecule has 1 N–H and O–H groups in total. The molecule has 21 heavy (non-hydrogen) atoms. The molecule has 1 rings (SSSR count). The second-order valence-electron chi connectivity index (χ2n) is 5.63. The van der Waals surface area contributed by atoms with Gasteiger partial charge in [-0.1, -0.05) is 32.4 Å². The van der Waals surface area contributed by atoms with Gasteiger partial charge in [0.15, 0.2) is 0 Å². The summed E-state index contributed by atoms with van der Waals surface area (Å²) < 4.78 is 37.8. The molecule has 0 bridgehead atoms. The van der Waals surface area contributed by atoms with Crippen LogP contribution in [0.1, 0.15) is 44.9 Å². The van der Waals surface area contributed by atoms with Crippen molar-refractivity contribution in [3.05, 3.63) is 28.5 Å². The maximum atomic E-state index is 12.6. The molecule has 6 heteroatoms. The highest BCUT2D eigenvalue weighted by Gasteiger charge is 2.31. The number of pyridine rings is 1. The topological polar surface area (TPSA) is 24.9 Å². The first-order valence-electron chi connectivity index (χ1n) is 7.19. The Balaban J connectivity index is 2.83. The van der Waals surface area contributed by atoms with Crippen molar-refractivity contribution >= 4 is 11.6 Å². The largest absolute Gasteiger partial charge is 0.417 e. The van der Waals surface area contributed by atoms with Crippen LogP contribution >= 0.6 is 11.6 Å². The highest BCUT2D eigenvalue weighted by atomic mass is 35.5. The highest BCUT2D eigenvalue weighted by Crippen LogP contribution is 2.31. The van der Waals surface area contributed by atoms with Gasteiger partial charge in [0.2, 0.25) is 0 Å². The molecule has 1 atom stereocenters. The maximum absolute atomic E-state index is 12.6. The lowest BCUT2D eigenvalue weighted by Crippen LogP contribution is -2.33. The quantitative estimate of drug-likeness (QED) is 0.786. The van der Waals surface area contributed by atoms with Crippen molar-refractivity contribution in [3.8, 4) is 0 Å². The monoisotopic (exact) mass is 322 g/mol. The molecule has 0 amide bonds. The van der Waals surface area contributed by atoms with Crippen LogP contribution in [0, 0.1) is 5.92 Å². The number of rotatable bonds is 7. The summed E-state index contributed by atoms with van der Waals surface area (Å²) in [6.45, 7) is 7.17. The molecule has 1 unspecified atom stereocenters. The first-order chi connectivity index (χ1) is 9.74. The second-order valence-corrected chi connectivity index (χ2v) is 6.04. The molecule has 0 aliphatic rings. The van der Waals surface area contributed by atoms with Gasteiger partial charge in [-0.25, -0.2) is 0 Å². The van der Waals surface area contributed by atoms with E-state index in [9.17, 15) is 13.2 Å². The Hall–Kier alpha value is -0.810. The minimum Gasteiger partial charge on any atom is -0.314 e. The van der Waals surface area contributed by atoms with E-state index in [-0.39, 0.29) is 11.1 Å². The zero-order valence-corrected chi connectivity index (χ0v) is 13.4. The Kier molecular flexibility index (Phi) is 6.94. The van der Waals surface area contributed by atoms with E-state index in [1.807, 2.05) is 0 Å². The third-order valence-corrected chi connectivity index (χ3v) is 3.45. The van der Waals surface area contributed by atoms with Gasteiger partial charge in [-0.15, -0.1) is 0 Å². The molecule has 0 spiro atoms. The molecule has 2 nitrogen and oxygen atoms in total. The van der Waals surface area contributed by atoms with Crippen molar-refractivity contribution in [2.45, 2.75) is 52.3 Å². The molecular formula is C15H22ClF3N2. The van der Waals surface area contributed by atoms with Crippen molar-refractivity contribution in [1.29, 1.82) is 0 Å². The Morgan fingerprint density at radius 2 is 2.00 bits per heavy atom. The van der Waals surface area contributed by atoms with Crippen LogP contribution in [-0.4, -0.2) is 17.6 Å². The van der Waals surface area contributed by atoms with Crippen molar-refractivity contribution in [1.82, 2.24) is 10.3 Å². The van der Waals surface area contributed by atoms with Gasteiger partial charge in [-0.05, 0) is 31.4 Å². The van der Waals surface area contributed by atoms with E-state index in [1.165, 1.54) is 0 Å². The number of hydrogen-bond donors (Lipinski definition) is 1. The van der Waals surface area contributed by atoms with E-state index in [0.717, 1.165) is 31.6 Å². The molecular weight excluding hydrogens is 301 g/mol. The van der Waals surface area contributed by atoms with Gasteiger partial charge in [-0.2, -0.15) is 13.2 Å². The zero-order chi connectivity index (χ0) is 16.0. The minimum absolute atomic E-state index is 0.0804. The summed E-state index contributed by atoms with van der Waals surface area (Å²) >= 11 is 5.96. The van der Waals surface area contributed by atoms with Crippen molar-refractivity contribution in [3.63, 3.8) is 0 Å². The van der Waals surface area contributed by atoms with E-state index in [1.54, 1.807) is 0 Å². The standard InChI is InChI=1S/C15H22ClF3N2/c1-4-5-20-12(6-10(2)3)8-14-13(16)7-11(9-21-14)15(17,18)19/h7,9-10,12,20H,4-6,8H2,1-3H3. The predicted molar refractivity (Wildman–Crippen MR) is 79.5 cm³/mol. The van der Waals surface area contributed by atoms with Crippen LogP contribution < -0.4 is 5.32 Å². The summed E-state index contributed by atoms with van der Waals surface area (Å²) in [6, 6.07) is 1.13. The van der Waals surface area contributed by atoms with Crippen LogP contribution in [0.15, 0.2) is 12.3 Å². The first kappa shape index (κ1) is 18.2. The summed E-state index contributed by atoms with van der Waals surface area (Å²) in [5, 5.41) is 3.48. The first-order valence-corrected chi connectivity index (χ1v) is 7.56. The molecule has 0 aliphatic heterocycles. The van der Waals surface area contributed by atoms with E-state index in [2.05, 4.69) is 31.1 Å². The van der Waals surface area contributed by atoms with Gasteiger partial charge >= 0.3 is 6.18 Å². The van der Waals surface area contributed by atoms with Gasteiger partial charge in [0.1, 0.15) is 0 Å². The van der Waals surface area contributed by atoms with Crippen LogP contribution in [0.25, 0.3) is 0 Å². The number of halogens is 4. The normalized spacial score (nSPS) is 13.7. The average Bonchev–Trinajstić information content (AvgIpc) is 2.36. The summed E-state index contributed by atoms with van der Waals surface area (Å²) in [6.07, 6.45) is -1.09. The molecule has 0 radical (unpaired) electrons. The van der Waals surface area contributed by atoms with Crippen LogP contribution in [-0.2, 0) is 12.6 Å². The SMILES string of the molecule is CCCNC(Cc1ncc(C(F)(F)F)cc1Cl)CC(C)C. The summed E-state index contributed by atoms with van der Waals surface area (Å²) in [4.78, 5) is 3.91. The number of hydrogen-bond acceptors (Lipinski definition) is 2. The molecule has 0 fully saturated rings. The number of alkyl halides is 3. The lowest BCUT2D eigenvalue weighted by atomic mass is 9.99. The van der Waals surface area contributed by atoms with Crippen LogP contribution in [0.5, 0.6) is 0 Å². The molecule has 0 aliphatic carbocycles. The van der Waals surface area contributed by atoms with Gasteiger partial charge in [-0.3, -0.25) is 4.98 Å². The smallest absolute Gasteiger partial charge is 0.314 e. The summed E-state index contributed by atoms with van der Waals surface area (Å²) in [5.41, 5.74) is -0.294. The lowest BCUT2D eigenvalue weighted by molar-refractivity contribution is -0.137. The third-order valence-electron chi connectivity index (χ3n) is 3.12. The zero-order valence-electron chi connectivity index (χ0n) is 12.6. The number of aromatic nitrogens is 1. The molecule has 0 aromatic carbocycles. The van der Waals surface area contributed by atoms with Gasteiger partial charge in [0.25, 0.3) is 0 Å². The van der Waals surface area contributed by atoms with Crippen molar-refractivity contribution in [2.24, 2.45) is 5.92 Å². The van der Waals surface area contributed by atoms with E-state index >= 15 is 0 Å². The highest BCUT2D eigenvalue weighted by molar-refractivity contribution is 6.31. The van der Waals surface area contributed by atoms with E-state index in [4.69, 9.17) is 11.6 Å². The van der Waals surface area contributed by atoms with Gasteiger partial charge < -0.3 is 5.32 Å². The minimum atomic E-state index is -4.41.